The molecule has 0 spiro atoms. The molecule has 0 aliphatic carbocycles. The first-order chi connectivity index (χ1) is 13.9. The average Bonchev–Trinajstić information content (AvgIpc) is 3.01. The molecule has 29 heavy (non-hydrogen) atoms. The maximum Gasteiger partial charge on any atom is 0.340 e. The zero-order valence-electron chi connectivity index (χ0n) is 17.0. The van der Waals surface area contributed by atoms with Crippen molar-refractivity contribution in [3.63, 3.8) is 0 Å². The molecule has 0 bridgehead atoms. The van der Waals surface area contributed by atoms with E-state index in [4.69, 9.17) is 4.74 Å². The van der Waals surface area contributed by atoms with Crippen LogP contribution in [0.25, 0.3) is 0 Å². The van der Waals surface area contributed by atoms with Crippen molar-refractivity contribution >= 4 is 29.1 Å². The van der Waals surface area contributed by atoms with Gasteiger partial charge in [-0.05, 0) is 36.4 Å². The molecule has 1 aliphatic rings. The van der Waals surface area contributed by atoms with Gasteiger partial charge in [-0.15, -0.1) is 0 Å². The Morgan fingerprint density at radius 1 is 0.793 bits per heavy atom. The molecule has 0 aromatic heterocycles. The summed E-state index contributed by atoms with van der Waals surface area (Å²) in [7, 11) is 7.95. The van der Waals surface area contributed by atoms with Crippen LogP contribution in [0.3, 0.4) is 0 Å². The zero-order chi connectivity index (χ0) is 20.6. The lowest BCUT2D eigenvalue weighted by Gasteiger charge is -2.29. The fourth-order valence-electron chi connectivity index (χ4n) is 3.49. The summed E-state index contributed by atoms with van der Waals surface area (Å²) in [6, 6.07) is 24.3. The predicted octanol–water partition coefficient (Wildman–Crippen LogP) is 4.98. The largest absolute Gasteiger partial charge is 0.435 e. The molecule has 3 aromatic rings. The minimum atomic E-state index is -0.913. The van der Waals surface area contributed by atoms with Gasteiger partial charge >= 0.3 is 5.97 Å². The maximum absolute atomic E-state index is 12.9. The van der Waals surface area contributed by atoms with E-state index < -0.39 is 4.93 Å². The highest BCUT2D eigenvalue weighted by atomic mass is 32.2. The molecule has 1 aliphatic heterocycles. The Hall–Kier alpha value is -2.92. The van der Waals surface area contributed by atoms with Crippen molar-refractivity contribution in [3.8, 4) is 0 Å². The molecular weight excluding hydrogens is 380 g/mol. The van der Waals surface area contributed by atoms with Gasteiger partial charge in [0.2, 0.25) is 4.93 Å². The fraction of sp³-hybridized carbons (Fsp3) is 0.208. The van der Waals surface area contributed by atoms with Gasteiger partial charge in [0.05, 0.1) is 5.56 Å². The molecule has 0 fully saturated rings. The van der Waals surface area contributed by atoms with Crippen LogP contribution in [-0.4, -0.2) is 34.2 Å². The van der Waals surface area contributed by atoms with E-state index in [-0.39, 0.29) is 5.97 Å². The Kier molecular flexibility index (Phi) is 5.01. The number of hydrogen-bond donors (Lipinski definition) is 0. The van der Waals surface area contributed by atoms with E-state index in [9.17, 15) is 4.79 Å². The molecule has 0 N–H and O–H groups in total. The number of rotatable bonds is 5. The molecular formula is C24H24N2O2S. The van der Waals surface area contributed by atoms with Gasteiger partial charge in [-0.2, -0.15) is 0 Å². The van der Waals surface area contributed by atoms with E-state index in [1.165, 1.54) is 0 Å². The summed E-state index contributed by atoms with van der Waals surface area (Å²) in [4.78, 5) is 17.1. The topological polar surface area (TPSA) is 32.8 Å². The summed E-state index contributed by atoms with van der Waals surface area (Å²) < 4.78 is 6.14. The molecule has 148 valence electrons. The number of anilines is 2. The van der Waals surface area contributed by atoms with Crippen molar-refractivity contribution in [1.29, 1.82) is 0 Å². The van der Waals surface area contributed by atoms with Gasteiger partial charge in [0, 0.05) is 55.6 Å². The number of esters is 1. The molecule has 0 saturated carbocycles. The molecule has 4 nitrogen and oxygen atoms in total. The molecule has 4 rings (SSSR count). The van der Waals surface area contributed by atoms with Crippen LogP contribution in [0.1, 0.15) is 21.5 Å². The zero-order valence-corrected chi connectivity index (χ0v) is 17.9. The summed E-state index contributed by atoms with van der Waals surface area (Å²) >= 11 is 1.56. The highest BCUT2D eigenvalue weighted by Gasteiger charge is 2.48. The summed E-state index contributed by atoms with van der Waals surface area (Å²) in [6.45, 7) is 0. The first-order valence-electron chi connectivity index (χ1n) is 9.48. The number of fused-ring (bicyclic) bond motifs is 1. The normalized spacial score (nSPS) is 17.6. The Morgan fingerprint density at radius 2 is 1.41 bits per heavy atom. The van der Waals surface area contributed by atoms with E-state index >= 15 is 0 Å². The summed E-state index contributed by atoms with van der Waals surface area (Å²) in [5.74, 6) is -0.288. The van der Waals surface area contributed by atoms with Crippen LogP contribution in [0.5, 0.6) is 0 Å². The number of hydrogen-bond acceptors (Lipinski definition) is 5. The van der Waals surface area contributed by atoms with Crippen molar-refractivity contribution in [1.82, 2.24) is 0 Å². The van der Waals surface area contributed by atoms with Crippen LogP contribution in [0, 0.1) is 0 Å². The Balaban J connectivity index is 1.88. The predicted molar refractivity (Wildman–Crippen MR) is 120 cm³/mol. The van der Waals surface area contributed by atoms with E-state index in [1.54, 1.807) is 11.8 Å². The number of cyclic esters (lactones) is 1. The molecule has 0 radical (unpaired) electrons. The van der Waals surface area contributed by atoms with Crippen LogP contribution in [-0.2, 0) is 9.67 Å². The van der Waals surface area contributed by atoms with Gasteiger partial charge in [0.25, 0.3) is 0 Å². The summed E-state index contributed by atoms with van der Waals surface area (Å²) in [5.41, 5.74) is 4.53. The van der Waals surface area contributed by atoms with Gasteiger partial charge in [0.1, 0.15) is 0 Å². The third kappa shape index (κ3) is 3.47. The van der Waals surface area contributed by atoms with Crippen LogP contribution in [0.15, 0.2) is 77.7 Å². The van der Waals surface area contributed by atoms with Crippen LogP contribution < -0.4 is 9.80 Å². The first-order valence-corrected chi connectivity index (χ1v) is 10.3. The Bertz CT molecular complexity index is 1030. The second-order valence-corrected chi connectivity index (χ2v) is 8.74. The van der Waals surface area contributed by atoms with E-state index in [0.29, 0.717) is 5.56 Å². The van der Waals surface area contributed by atoms with E-state index in [1.807, 2.05) is 93.8 Å². The third-order valence-electron chi connectivity index (χ3n) is 5.10. The van der Waals surface area contributed by atoms with Crippen molar-refractivity contribution in [2.75, 3.05) is 38.0 Å². The number of carbonyl (C=O) groups is 1. The lowest BCUT2D eigenvalue weighted by molar-refractivity contribution is 0.0384. The van der Waals surface area contributed by atoms with E-state index in [0.717, 1.165) is 27.4 Å². The smallest absolute Gasteiger partial charge is 0.340 e. The van der Waals surface area contributed by atoms with Crippen LogP contribution in [0.2, 0.25) is 0 Å². The monoisotopic (exact) mass is 404 g/mol. The lowest BCUT2D eigenvalue weighted by Crippen LogP contribution is -2.24. The number of nitrogens with zero attached hydrogens (tertiary/aromatic N) is 2. The van der Waals surface area contributed by atoms with Crippen molar-refractivity contribution in [2.24, 2.45) is 0 Å². The number of ether oxygens (including phenoxy) is 1. The lowest BCUT2D eigenvalue weighted by atomic mass is 9.97. The quantitative estimate of drug-likeness (QED) is 0.560. The van der Waals surface area contributed by atoms with Gasteiger partial charge in [0.15, 0.2) is 0 Å². The third-order valence-corrected chi connectivity index (χ3v) is 6.43. The average molecular weight is 405 g/mol. The highest BCUT2D eigenvalue weighted by Crippen LogP contribution is 2.53. The maximum atomic E-state index is 12.9. The second kappa shape index (κ2) is 7.48. The SMILES string of the molecule is CN(C)c1ccc(C2(Sc3ccccc3)OC(=O)c3cc(N(C)C)ccc32)cc1. The van der Waals surface area contributed by atoms with Gasteiger partial charge in [-0.3, -0.25) is 0 Å². The van der Waals surface area contributed by atoms with Crippen LogP contribution in [0.4, 0.5) is 11.4 Å². The molecule has 0 saturated heterocycles. The number of benzene rings is 3. The van der Waals surface area contributed by atoms with Crippen molar-refractivity contribution in [3.05, 3.63) is 89.5 Å². The summed E-state index contributed by atoms with van der Waals surface area (Å²) in [6.07, 6.45) is 0. The molecule has 5 heteroatoms. The Morgan fingerprint density at radius 3 is 2.03 bits per heavy atom. The molecule has 1 heterocycles. The minimum absolute atomic E-state index is 0.288. The van der Waals surface area contributed by atoms with Gasteiger partial charge in [-0.1, -0.05) is 48.2 Å². The van der Waals surface area contributed by atoms with E-state index in [2.05, 4.69) is 17.0 Å². The molecule has 0 amide bonds. The Labute approximate surface area is 176 Å². The molecule has 1 atom stereocenters. The minimum Gasteiger partial charge on any atom is -0.435 e. The standard InChI is InChI=1S/C24H24N2O2S/c1-25(2)18-12-10-17(11-13-18)24(29-20-8-6-5-7-9-20)22-15-14-19(26(3)4)16-21(22)23(27)28-24/h5-16H,1-4H3. The number of thioether (sulfide) groups is 1. The van der Waals surface area contributed by atoms with Gasteiger partial charge in [-0.25, -0.2) is 4.79 Å². The highest BCUT2D eigenvalue weighted by molar-refractivity contribution is 8.00. The number of carbonyl (C=O) groups excluding carboxylic acids is 1. The van der Waals surface area contributed by atoms with Crippen LogP contribution >= 0.6 is 11.8 Å². The van der Waals surface area contributed by atoms with Gasteiger partial charge < -0.3 is 14.5 Å². The second-order valence-electron chi connectivity index (χ2n) is 7.49. The fourth-order valence-corrected chi connectivity index (χ4v) is 4.77. The first kappa shape index (κ1) is 19.4. The molecule has 3 aromatic carbocycles. The van der Waals surface area contributed by atoms with Crippen molar-refractivity contribution < 1.29 is 9.53 Å². The summed E-state index contributed by atoms with van der Waals surface area (Å²) in [5, 5.41) is 0. The molecule has 1 unspecified atom stereocenters. The van der Waals surface area contributed by atoms with Crippen molar-refractivity contribution in [2.45, 2.75) is 9.83 Å².